The summed E-state index contributed by atoms with van der Waals surface area (Å²) in [7, 11) is 1.51. The van der Waals surface area contributed by atoms with Gasteiger partial charge >= 0.3 is 11.9 Å². The Labute approximate surface area is 150 Å². The van der Waals surface area contributed by atoms with E-state index < -0.39 is 11.9 Å². The highest BCUT2D eigenvalue weighted by atomic mass is 16.5. The van der Waals surface area contributed by atoms with E-state index >= 15 is 0 Å². The summed E-state index contributed by atoms with van der Waals surface area (Å²) in [6.07, 6.45) is 0. The Morgan fingerprint density at radius 3 is 2.08 bits per heavy atom. The van der Waals surface area contributed by atoms with Crippen LogP contribution in [0.2, 0.25) is 0 Å². The van der Waals surface area contributed by atoms with Crippen molar-refractivity contribution >= 4 is 22.8 Å². The van der Waals surface area contributed by atoms with Gasteiger partial charge in [0, 0.05) is 25.5 Å². The first-order chi connectivity index (χ1) is 12.5. The average molecular weight is 351 g/mol. The normalized spacial score (nSPS) is 10.4. The number of fused-ring (bicyclic) bond motifs is 1. The van der Waals surface area contributed by atoms with Gasteiger partial charge in [0.15, 0.2) is 5.75 Å². The second kappa shape index (κ2) is 7.23. The molecule has 0 N–H and O–H groups in total. The Morgan fingerprint density at radius 2 is 1.46 bits per heavy atom. The summed E-state index contributed by atoms with van der Waals surface area (Å²) in [6.45, 7) is 2.62. The van der Waals surface area contributed by atoms with E-state index in [1.165, 1.54) is 21.0 Å². The van der Waals surface area contributed by atoms with E-state index in [2.05, 4.69) is 4.98 Å². The quantitative estimate of drug-likeness (QED) is 0.526. The topological polar surface area (TPSA) is 74.7 Å². The number of nitrogens with zero attached hydrogens (tertiary/aromatic N) is 1. The molecule has 1 heterocycles. The molecule has 2 aromatic carbocycles. The van der Waals surface area contributed by atoms with Crippen molar-refractivity contribution < 1.29 is 23.8 Å². The number of pyridine rings is 1. The maximum atomic E-state index is 11.5. The molecule has 0 spiro atoms. The maximum Gasteiger partial charge on any atom is 0.308 e. The molecule has 0 amide bonds. The van der Waals surface area contributed by atoms with Gasteiger partial charge in [0.25, 0.3) is 0 Å². The summed E-state index contributed by atoms with van der Waals surface area (Å²) in [5.74, 6) is 0.0593. The number of benzene rings is 2. The van der Waals surface area contributed by atoms with Crippen molar-refractivity contribution in [3.05, 3.63) is 48.5 Å². The van der Waals surface area contributed by atoms with Crippen LogP contribution < -0.4 is 14.2 Å². The maximum absolute atomic E-state index is 11.5. The molecule has 3 aromatic rings. The molecule has 0 unspecified atom stereocenters. The minimum atomic E-state index is -0.475. The van der Waals surface area contributed by atoms with Gasteiger partial charge in [0.1, 0.15) is 17.0 Å². The minimum absolute atomic E-state index is 0.263. The molecular weight excluding hydrogens is 334 g/mol. The van der Waals surface area contributed by atoms with E-state index in [0.29, 0.717) is 22.3 Å². The van der Waals surface area contributed by atoms with Crippen molar-refractivity contribution in [2.75, 3.05) is 7.11 Å². The monoisotopic (exact) mass is 351 g/mol. The lowest BCUT2D eigenvalue weighted by atomic mass is 10.1. The lowest BCUT2D eigenvalue weighted by Gasteiger charge is -2.14. The van der Waals surface area contributed by atoms with Gasteiger partial charge in [-0.2, -0.15) is 0 Å². The summed E-state index contributed by atoms with van der Waals surface area (Å²) >= 11 is 0. The Hall–Kier alpha value is -3.41. The largest absolute Gasteiger partial charge is 0.496 e. The molecule has 0 saturated heterocycles. The number of hydrogen-bond acceptors (Lipinski definition) is 6. The first-order valence-electron chi connectivity index (χ1n) is 7.93. The second-order valence-corrected chi connectivity index (χ2v) is 5.55. The van der Waals surface area contributed by atoms with E-state index in [0.717, 1.165) is 5.56 Å². The van der Waals surface area contributed by atoms with Crippen LogP contribution >= 0.6 is 0 Å². The molecule has 0 saturated carbocycles. The van der Waals surface area contributed by atoms with Crippen LogP contribution in [0.4, 0.5) is 0 Å². The Balaban J connectivity index is 2.32. The number of aromatic nitrogens is 1. The molecule has 0 radical (unpaired) electrons. The first kappa shape index (κ1) is 17.4. The minimum Gasteiger partial charge on any atom is -0.496 e. The number of ether oxygens (including phenoxy) is 3. The van der Waals surface area contributed by atoms with Gasteiger partial charge in [-0.3, -0.25) is 9.59 Å². The van der Waals surface area contributed by atoms with Crippen LogP contribution in [-0.4, -0.2) is 24.0 Å². The number of methoxy groups -OCH3 is 1. The molecule has 6 heteroatoms. The Bertz CT molecular complexity index is 982. The molecule has 3 rings (SSSR count). The summed E-state index contributed by atoms with van der Waals surface area (Å²) in [5, 5.41) is 0.459. The van der Waals surface area contributed by atoms with E-state index in [9.17, 15) is 9.59 Å². The molecule has 26 heavy (non-hydrogen) atoms. The van der Waals surface area contributed by atoms with Gasteiger partial charge in [0.05, 0.1) is 18.2 Å². The molecule has 6 nitrogen and oxygen atoms in total. The van der Waals surface area contributed by atoms with Crippen molar-refractivity contribution in [3.63, 3.8) is 0 Å². The van der Waals surface area contributed by atoms with Crippen LogP contribution in [0.15, 0.2) is 48.5 Å². The summed E-state index contributed by atoms with van der Waals surface area (Å²) in [4.78, 5) is 27.5. The van der Waals surface area contributed by atoms with Gasteiger partial charge in [-0.25, -0.2) is 4.98 Å². The van der Waals surface area contributed by atoms with Crippen LogP contribution in [-0.2, 0) is 9.59 Å². The van der Waals surface area contributed by atoms with Crippen molar-refractivity contribution in [1.82, 2.24) is 4.98 Å². The van der Waals surface area contributed by atoms with Gasteiger partial charge < -0.3 is 14.2 Å². The standard InChI is InChI=1S/C20H17NO5/c1-12(22)25-16-9-10-17(26-13(2)23)20-19(16)18(24-3)11-15(21-20)14-7-5-4-6-8-14/h4-11H,1-3H3. The molecular formula is C20H17NO5. The molecule has 0 bridgehead atoms. The number of carbonyl (C=O) groups excluding carboxylic acids is 2. The fourth-order valence-corrected chi connectivity index (χ4v) is 2.65. The van der Waals surface area contributed by atoms with Crippen molar-refractivity contribution in [1.29, 1.82) is 0 Å². The number of hydrogen-bond donors (Lipinski definition) is 0. The fourth-order valence-electron chi connectivity index (χ4n) is 2.65. The molecule has 0 aliphatic carbocycles. The molecule has 0 aliphatic heterocycles. The third-order valence-corrected chi connectivity index (χ3v) is 3.65. The van der Waals surface area contributed by atoms with E-state index in [1.54, 1.807) is 18.2 Å². The number of esters is 2. The van der Waals surface area contributed by atoms with Crippen molar-refractivity contribution in [3.8, 4) is 28.5 Å². The molecule has 1 aromatic heterocycles. The zero-order valence-corrected chi connectivity index (χ0v) is 14.6. The summed E-state index contributed by atoms with van der Waals surface area (Å²) < 4.78 is 16.1. The van der Waals surface area contributed by atoms with Gasteiger partial charge in [0.2, 0.25) is 0 Å². The lowest BCUT2D eigenvalue weighted by molar-refractivity contribution is -0.132. The second-order valence-electron chi connectivity index (χ2n) is 5.55. The fraction of sp³-hybridized carbons (Fsp3) is 0.150. The van der Waals surface area contributed by atoms with Gasteiger partial charge in [-0.15, -0.1) is 0 Å². The van der Waals surface area contributed by atoms with Crippen LogP contribution in [0.3, 0.4) is 0 Å². The zero-order chi connectivity index (χ0) is 18.7. The lowest BCUT2D eigenvalue weighted by Crippen LogP contribution is -2.06. The third-order valence-electron chi connectivity index (χ3n) is 3.65. The number of rotatable bonds is 4. The molecule has 0 atom stereocenters. The van der Waals surface area contributed by atoms with E-state index in [1.807, 2.05) is 30.3 Å². The highest BCUT2D eigenvalue weighted by molar-refractivity contribution is 5.98. The SMILES string of the molecule is COc1cc(-c2ccccc2)nc2c(OC(C)=O)ccc(OC(C)=O)c12. The average Bonchev–Trinajstić information content (AvgIpc) is 2.62. The highest BCUT2D eigenvalue weighted by Gasteiger charge is 2.19. The van der Waals surface area contributed by atoms with Crippen LogP contribution in [0.25, 0.3) is 22.2 Å². The third kappa shape index (κ3) is 3.49. The molecule has 0 fully saturated rings. The van der Waals surface area contributed by atoms with Crippen molar-refractivity contribution in [2.24, 2.45) is 0 Å². The van der Waals surface area contributed by atoms with Crippen LogP contribution in [0.5, 0.6) is 17.2 Å². The highest BCUT2D eigenvalue weighted by Crippen LogP contribution is 2.40. The molecule has 132 valence electrons. The zero-order valence-electron chi connectivity index (χ0n) is 14.6. The van der Waals surface area contributed by atoms with Crippen molar-refractivity contribution in [2.45, 2.75) is 13.8 Å². The predicted molar refractivity (Wildman–Crippen MR) is 96.3 cm³/mol. The van der Waals surface area contributed by atoms with Gasteiger partial charge in [-0.1, -0.05) is 30.3 Å². The smallest absolute Gasteiger partial charge is 0.308 e. The first-order valence-corrected chi connectivity index (χ1v) is 7.93. The summed E-state index contributed by atoms with van der Waals surface area (Å²) in [6, 6.07) is 14.4. The summed E-state index contributed by atoms with van der Waals surface area (Å²) in [5.41, 5.74) is 1.89. The number of carbonyl (C=O) groups is 2. The van der Waals surface area contributed by atoms with Gasteiger partial charge in [-0.05, 0) is 12.1 Å². The van der Waals surface area contributed by atoms with Crippen LogP contribution in [0.1, 0.15) is 13.8 Å². The van der Waals surface area contributed by atoms with Crippen LogP contribution in [0, 0.1) is 0 Å². The molecule has 0 aliphatic rings. The van der Waals surface area contributed by atoms with E-state index in [-0.39, 0.29) is 11.5 Å². The Morgan fingerprint density at radius 1 is 0.846 bits per heavy atom. The van der Waals surface area contributed by atoms with E-state index in [4.69, 9.17) is 14.2 Å². The predicted octanol–water partition coefficient (Wildman–Crippen LogP) is 3.76. The Kier molecular flexibility index (Phi) is 4.84.